The van der Waals surface area contributed by atoms with Gasteiger partial charge in [-0.2, -0.15) is 10.2 Å². The summed E-state index contributed by atoms with van der Waals surface area (Å²) in [5.74, 6) is 0.385. The van der Waals surface area contributed by atoms with E-state index in [1.807, 2.05) is 6.07 Å². The molecule has 2 aromatic carbocycles. The minimum absolute atomic E-state index is 0.156. The molecular weight excluding hydrogens is 370 g/mol. The topological polar surface area (TPSA) is 98.2 Å². The Labute approximate surface area is 160 Å². The molecule has 136 valence electrons. The molecule has 8 heteroatoms. The Hall–Kier alpha value is -3.37. The normalized spacial score (nSPS) is 11.4. The molecule has 0 amide bonds. The third-order valence-corrected chi connectivity index (χ3v) is 3.75. The van der Waals surface area contributed by atoms with Gasteiger partial charge in [-0.25, -0.2) is 4.79 Å². The molecule has 0 unspecified atom stereocenters. The molecule has 0 fully saturated rings. The highest BCUT2D eigenvalue weighted by molar-refractivity contribution is 6.30. The van der Waals surface area contributed by atoms with Crippen molar-refractivity contribution in [3.05, 3.63) is 65.0 Å². The third-order valence-electron chi connectivity index (χ3n) is 3.52. The van der Waals surface area contributed by atoms with Gasteiger partial charge in [0.25, 0.3) is 5.89 Å². The third kappa shape index (κ3) is 4.84. The average molecular weight is 384 g/mol. The summed E-state index contributed by atoms with van der Waals surface area (Å²) in [6.45, 7) is 1.39. The Kier molecular flexibility index (Phi) is 5.69. The first kappa shape index (κ1) is 18.4. The second kappa shape index (κ2) is 8.34. The Morgan fingerprint density at radius 2 is 2.07 bits per heavy atom. The van der Waals surface area contributed by atoms with Crippen molar-refractivity contribution in [2.24, 2.45) is 0 Å². The predicted molar refractivity (Wildman–Crippen MR) is 95.8 cm³/mol. The van der Waals surface area contributed by atoms with E-state index in [0.717, 1.165) is 0 Å². The fourth-order valence-electron chi connectivity index (χ4n) is 2.17. The van der Waals surface area contributed by atoms with Crippen LogP contribution in [0.25, 0.3) is 11.4 Å². The van der Waals surface area contributed by atoms with Crippen LogP contribution in [-0.4, -0.2) is 22.2 Å². The van der Waals surface area contributed by atoms with E-state index in [-0.39, 0.29) is 12.5 Å². The van der Waals surface area contributed by atoms with Crippen LogP contribution in [0.15, 0.2) is 53.1 Å². The largest absolute Gasteiger partial charge is 0.479 e. The van der Waals surface area contributed by atoms with Crippen molar-refractivity contribution in [1.82, 2.24) is 10.1 Å². The Balaban J connectivity index is 1.55. The fraction of sp³-hybridized carbons (Fsp3) is 0.158. The minimum atomic E-state index is -0.840. The predicted octanol–water partition coefficient (Wildman–Crippen LogP) is 3.77. The van der Waals surface area contributed by atoms with Crippen molar-refractivity contribution in [3.8, 4) is 23.2 Å². The Morgan fingerprint density at radius 3 is 2.78 bits per heavy atom. The van der Waals surface area contributed by atoms with Crippen LogP contribution in [0.4, 0.5) is 0 Å². The number of esters is 1. The molecule has 0 aliphatic carbocycles. The number of carbonyl (C=O) groups is 1. The lowest BCUT2D eigenvalue weighted by Crippen LogP contribution is -2.26. The van der Waals surface area contributed by atoms with Gasteiger partial charge in [0.2, 0.25) is 5.82 Å². The zero-order valence-corrected chi connectivity index (χ0v) is 15.0. The van der Waals surface area contributed by atoms with Gasteiger partial charge >= 0.3 is 5.97 Å². The highest BCUT2D eigenvalue weighted by atomic mass is 35.5. The molecule has 0 spiro atoms. The van der Waals surface area contributed by atoms with Gasteiger partial charge < -0.3 is 14.0 Å². The van der Waals surface area contributed by atoms with Crippen molar-refractivity contribution in [2.75, 3.05) is 0 Å². The number of carbonyl (C=O) groups excluding carboxylic acids is 1. The highest BCUT2D eigenvalue weighted by Crippen LogP contribution is 2.20. The monoisotopic (exact) mass is 383 g/mol. The van der Waals surface area contributed by atoms with Crippen LogP contribution < -0.4 is 4.74 Å². The molecule has 0 aliphatic heterocycles. The van der Waals surface area contributed by atoms with E-state index in [4.69, 9.17) is 30.9 Å². The SMILES string of the molecule is C[C@@H](Oc1ccc(C#N)cc1)C(=O)OCc1nc(-c2cccc(Cl)c2)no1. The van der Waals surface area contributed by atoms with Gasteiger partial charge in [-0.15, -0.1) is 0 Å². The van der Waals surface area contributed by atoms with Crippen molar-refractivity contribution in [3.63, 3.8) is 0 Å². The summed E-state index contributed by atoms with van der Waals surface area (Å²) >= 11 is 5.94. The Morgan fingerprint density at radius 1 is 1.30 bits per heavy atom. The van der Waals surface area contributed by atoms with E-state index < -0.39 is 12.1 Å². The van der Waals surface area contributed by atoms with E-state index in [9.17, 15) is 4.79 Å². The van der Waals surface area contributed by atoms with Crippen LogP contribution in [0.5, 0.6) is 5.75 Å². The second-order valence-corrected chi connectivity index (χ2v) is 5.96. The van der Waals surface area contributed by atoms with Crippen LogP contribution in [0.2, 0.25) is 5.02 Å². The molecule has 27 heavy (non-hydrogen) atoms. The standard InChI is InChI=1S/C19H14ClN3O4/c1-12(26-16-7-5-13(10-21)6-8-16)19(24)25-11-17-22-18(23-27-17)14-3-2-4-15(20)9-14/h2-9,12H,11H2,1H3/t12-/m1/s1. The van der Waals surface area contributed by atoms with E-state index in [1.54, 1.807) is 55.5 Å². The van der Waals surface area contributed by atoms with E-state index >= 15 is 0 Å². The van der Waals surface area contributed by atoms with Gasteiger partial charge in [0.15, 0.2) is 12.7 Å². The van der Waals surface area contributed by atoms with Crippen LogP contribution in [0.1, 0.15) is 18.4 Å². The van der Waals surface area contributed by atoms with E-state index in [0.29, 0.717) is 27.7 Å². The van der Waals surface area contributed by atoms with E-state index in [2.05, 4.69) is 10.1 Å². The molecular formula is C19H14ClN3O4. The molecule has 1 aromatic heterocycles. The van der Waals surface area contributed by atoms with Gasteiger partial charge in [-0.1, -0.05) is 28.9 Å². The molecule has 0 radical (unpaired) electrons. The zero-order valence-electron chi connectivity index (χ0n) is 14.3. The molecule has 0 aliphatic rings. The lowest BCUT2D eigenvalue weighted by molar-refractivity contribution is -0.153. The first-order chi connectivity index (χ1) is 13.0. The number of nitriles is 1. The maximum absolute atomic E-state index is 12.1. The number of hydrogen-bond donors (Lipinski definition) is 0. The number of benzene rings is 2. The van der Waals surface area contributed by atoms with Gasteiger partial charge in [0.05, 0.1) is 11.6 Å². The Bertz CT molecular complexity index is 979. The van der Waals surface area contributed by atoms with Gasteiger partial charge in [-0.05, 0) is 43.3 Å². The highest BCUT2D eigenvalue weighted by Gasteiger charge is 2.18. The summed E-state index contributed by atoms with van der Waals surface area (Å²) in [6.07, 6.45) is -0.840. The first-order valence-corrected chi connectivity index (χ1v) is 8.35. The number of nitrogens with zero attached hydrogens (tertiary/aromatic N) is 3. The summed E-state index contributed by atoms with van der Waals surface area (Å²) < 4.78 is 15.7. The summed E-state index contributed by atoms with van der Waals surface area (Å²) in [7, 11) is 0. The molecule has 0 bridgehead atoms. The quantitative estimate of drug-likeness (QED) is 0.597. The molecule has 3 aromatic rings. The lowest BCUT2D eigenvalue weighted by atomic mass is 10.2. The van der Waals surface area contributed by atoms with Crippen molar-refractivity contribution in [2.45, 2.75) is 19.6 Å². The second-order valence-electron chi connectivity index (χ2n) is 5.53. The minimum Gasteiger partial charge on any atom is -0.479 e. The van der Waals surface area contributed by atoms with Crippen molar-refractivity contribution >= 4 is 17.6 Å². The first-order valence-electron chi connectivity index (χ1n) is 7.97. The molecule has 0 N–H and O–H groups in total. The molecule has 0 saturated heterocycles. The molecule has 7 nitrogen and oxygen atoms in total. The van der Waals surface area contributed by atoms with E-state index in [1.165, 1.54) is 0 Å². The summed E-state index contributed by atoms with van der Waals surface area (Å²) in [6, 6.07) is 15.4. The number of aromatic nitrogens is 2. The summed E-state index contributed by atoms with van der Waals surface area (Å²) in [4.78, 5) is 16.2. The van der Waals surface area contributed by atoms with Gasteiger partial charge in [0.1, 0.15) is 5.75 Å². The number of halogens is 1. The zero-order chi connectivity index (χ0) is 19.2. The number of hydrogen-bond acceptors (Lipinski definition) is 7. The van der Waals surface area contributed by atoms with Crippen LogP contribution in [0.3, 0.4) is 0 Å². The van der Waals surface area contributed by atoms with Crippen LogP contribution >= 0.6 is 11.6 Å². The fourth-order valence-corrected chi connectivity index (χ4v) is 2.36. The van der Waals surface area contributed by atoms with Crippen molar-refractivity contribution < 1.29 is 18.8 Å². The number of ether oxygens (including phenoxy) is 2. The van der Waals surface area contributed by atoms with Crippen LogP contribution in [-0.2, 0) is 16.1 Å². The maximum atomic E-state index is 12.1. The summed E-state index contributed by atoms with van der Waals surface area (Å²) in [5, 5.41) is 13.2. The average Bonchev–Trinajstić information content (AvgIpc) is 3.16. The lowest BCUT2D eigenvalue weighted by Gasteiger charge is -2.13. The summed E-state index contributed by atoms with van der Waals surface area (Å²) in [5.41, 5.74) is 1.20. The van der Waals surface area contributed by atoms with Crippen LogP contribution in [0, 0.1) is 11.3 Å². The molecule has 1 atom stereocenters. The maximum Gasteiger partial charge on any atom is 0.347 e. The van der Waals surface area contributed by atoms with Gasteiger partial charge in [-0.3, -0.25) is 0 Å². The van der Waals surface area contributed by atoms with Crippen molar-refractivity contribution in [1.29, 1.82) is 5.26 Å². The molecule has 1 heterocycles. The molecule has 0 saturated carbocycles. The number of rotatable bonds is 6. The van der Waals surface area contributed by atoms with Gasteiger partial charge in [0, 0.05) is 10.6 Å². The molecule has 3 rings (SSSR count). The smallest absolute Gasteiger partial charge is 0.347 e.